The summed E-state index contributed by atoms with van der Waals surface area (Å²) in [7, 11) is 0. The van der Waals surface area contributed by atoms with E-state index in [4.69, 9.17) is 9.52 Å². The first-order valence-electron chi connectivity index (χ1n) is 7.75. The van der Waals surface area contributed by atoms with E-state index >= 15 is 0 Å². The number of ketones is 1. The van der Waals surface area contributed by atoms with E-state index in [1.165, 1.54) is 6.92 Å². The summed E-state index contributed by atoms with van der Waals surface area (Å²) in [6.07, 6.45) is -1.22. The second-order valence-electron chi connectivity index (χ2n) is 6.82. The molecule has 0 aliphatic carbocycles. The van der Waals surface area contributed by atoms with E-state index in [2.05, 4.69) is 4.74 Å². The van der Waals surface area contributed by atoms with E-state index < -0.39 is 11.8 Å². The fraction of sp³-hybridized carbons (Fsp3) is 0.263. The largest absolute Gasteiger partial charge is 0.507 e. The Morgan fingerprint density at radius 3 is 2.08 bits per heavy atom. The lowest BCUT2D eigenvalue weighted by Crippen LogP contribution is -2.22. The Hall–Kier alpha value is -3.02. The zero-order valence-electron chi connectivity index (χ0n) is 14.3. The van der Waals surface area contributed by atoms with E-state index in [1.807, 2.05) is 24.3 Å². The van der Waals surface area contributed by atoms with Crippen LogP contribution in [0.25, 0.3) is 32.5 Å². The third kappa shape index (κ3) is 2.69. The summed E-state index contributed by atoms with van der Waals surface area (Å²) in [5.41, 5.74) is 0.0765. The van der Waals surface area contributed by atoms with Crippen LogP contribution in [0.4, 0.5) is 4.79 Å². The fourth-order valence-electron chi connectivity index (χ4n) is 2.93. The molecule has 5 aromatic rings. The zero-order chi connectivity index (χ0) is 18.5. The van der Waals surface area contributed by atoms with E-state index in [-0.39, 0.29) is 11.5 Å². The number of rotatable bonds is 1. The van der Waals surface area contributed by atoms with Gasteiger partial charge in [0.25, 0.3) is 0 Å². The first-order valence-corrected chi connectivity index (χ1v) is 7.75. The number of phenolic OH excluding ortho intramolecular Hbond substituents is 1. The molecule has 4 bridgehead atoms. The number of benzene rings is 3. The Morgan fingerprint density at radius 1 is 1.04 bits per heavy atom. The van der Waals surface area contributed by atoms with Gasteiger partial charge in [0, 0.05) is 23.1 Å². The Balaban J connectivity index is 0.000000197. The third-order valence-electron chi connectivity index (χ3n) is 3.79. The van der Waals surface area contributed by atoms with Crippen LogP contribution in [0, 0.1) is 0 Å². The highest BCUT2D eigenvalue weighted by atomic mass is 16.7. The fourth-order valence-corrected chi connectivity index (χ4v) is 2.93. The Morgan fingerprint density at radius 2 is 1.64 bits per heavy atom. The van der Waals surface area contributed by atoms with Crippen LogP contribution in [-0.2, 0) is 4.74 Å². The van der Waals surface area contributed by atoms with Gasteiger partial charge in [-0.05, 0) is 26.2 Å². The molecule has 6 nitrogen and oxygen atoms in total. The van der Waals surface area contributed by atoms with Gasteiger partial charge in [-0.15, -0.1) is 0 Å². The predicted octanol–water partition coefficient (Wildman–Crippen LogP) is 5.00. The summed E-state index contributed by atoms with van der Waals surface area (Å²) in [5, 5.41) is 22.4. The van der Waals surface area contributed by atoms with Crippen molar-refractivity contribution in [3.8, 4) is 5.75 Å². The molecule has 0 fully saturated rings. The maximum Gasteiger partial charge on any atom is 0.506 e. The molecule has 0 aliphatic heterocycles. The predicted molar refractivity (Wildman–Crippen MR) is 94.1 cm³/mol. The summed E-state index contributed by atoms with van der Waals surface area (Å²) in [5.74, 6) is 0.484. The van der Waals surface area contributed by atoms with Crippen molar-refractivity contribution in [1.82, 2.24) is 0 Å². The summed E-state index contributed by atoms with van der Waals surface area (Å²) in [6.45, 7) is 6.52. The molecule has 2 aromatic heterocycles. The van der Waals surface area contributed by atoms with Crippen molar-refractivity contribution in [2.45, 2.75) is 33.3 Å². The Bertz CT molecular complexity index is 1070. The van der Waals surface area contributed by atoms with Crippen molar-refractivity contribution >= 4 is 44.5 Å². The lowest BCUT2D eigenvalue weighted by atomic mass is 9.91. The van der Waals surface area contributed by atoms with Crippen LogP contribution in [0.5, 0.6) is 5.75 Å². The number of hydrogen-bond donors (Lipinski definition) is 2. The highest BCUT2D eigenvalue weighted by Crippen LogP contribution is 2.52. The van der Waals surface area contributed by atoms with Crippen LogP contribution in [0.15, 0.2) is 28.7 Å². The zero-order valence-corrected chi connectivity index (χ0v) is 14.3. The molecule has 0 saturated heterocycles. The lowest BCUT2D eigenvalue weighted by Gasteiger charge is -2.15. The van der Waals surface area contributed by atoms with Crippen molar-refractivity contribution in [1.29, 1.82) is 0 Å². The van der Waals surface area contributed by atoms with E-state index in [0.29, 0.717) is 16.7 Å². The third-order valence-corrected chi connectivity index (χ3v) is 3.79. The van der Waals surface area contributed by atoms with Crippen LogP contribution < -0.4 is 0 Å². The van der Waals surface area contributed by atoms with Gasteiger partial charge in [0.1, 0.15) is 16.9 Å². The van der Waals surface area contributed by atoms with E-state index in [1.54, 1.807) is 20.8 Å². The van der Waals surface area contributed by atoms with Crippen molar-refractivity contribution in [2.24, 2.45) is 0 Å². The van der Waals surface area contributed by atoms with Gasteiger partial charge in [-0.25, -0.2) is 4.79 Å². The molecule has 5 rings (SSSR count). The number of furan rings is 2. The summed E-state index contributed by atoms with van der Waals surface area (Å²) in [4.78, 5) is 21.2. The minimum atomic E-state index is -1.22. The first-order chi connectivity index (χ1) is 11.6. The quantitative estimate of drug-likeness (QED) is 0.373. The van der Waals surface area contributed by atoms with Gasteiger partial charge in [0.05, 0.1) is 5.39 Å². The molecule has 0 aliphatic rings. The molecule has 0 atom stereocenters. The minimum Gasteiger partial charge on any atom is -0.507 e. The van der Waals surface area contributed by atoms with Crippen molar-refractivity contribution in [3.05, 3.63) is 30.0 Å². The number of Topliss-reactive ketones (excluding diaryl/α,β-unsaturated/α-hetero) is 1. The summed E-state index contributed by atoms with van der Waals surface area (Å²) < 4.78 is 9.84. The standard InChI is InChI=1S/C14H8O3.C5H10O3/c1-6(15)13-10-9-7-4-2-3-5-8(7)12(16)11(10)14(9)17-13;1-5(2,3)8-4(6)7/h2-5,16H,1H3;1-3H3,(H,6,7). The van der Waals surface area contributed by atoms with Gasteiger partial charge in [-0.2, -0.15) is 0 Å². The van der Waals surface area contributed by atoms with Gasteiger partial charge in [-0.1, -0.05) is 24.3 Å². The number of carboxylic acid groups (broad SMARTS) is 1. The van der Waals surface area contributed by atoms with Gasteiger partial charge >= 0.3 is 6.16 Å². The Labute approximate surface area is 143 Å². The van der Waals surface area contributed by atoms with Crippen LogP contribution in [-0.4, -0.2) is 27.8 Å². The maximum atomic E-state index is 11.4. The number of aromatic hydroxyl groups is 1. The first kappa shape index (κ1) is 16.8. The molecule has 3 aromatic carbocycles. The molecule has 0 unspecified atom stereocenters. The number of fused-ring (bicyclic) bond motifs is 2. The lowest BCUT2D eigenvalue weighted by molar-refractivity contribution is 0.0150. The topological polar surface area (TPSA) is 97.0 Å². The normalized spacial score (nSPS) is 11.8. The molecule has 2 heterocycles. The SMILES string of the molecule is CC(=O)c1oc2c3c(O)c4ccccc4c2c13.CC(C)(C)OC(=O)O. The molecule has 0 saturated carbocycles. The van der Waals surface area contributed by atoms with Gasteiger partial charge in [0.15, 0.2) is 11.5 Å². The molecule has 0 amide bonds. The van der Waals surface area contributed by atoms with Gasteiger partial charge in [-0.3, -0.25) is 4.79 Å². The van der Waals surface area contributed by atoms with E-state index in [0.717, 1.165) is 21.5 Å². The van der Waals surface area contributed by atoms with Crippen LogP contribution in [0.3, 0.4) is 0 Å². The second kappa shape index (κ2) is 5.51. The number of hydrogen-bond acceptors (Lipinski definition) is 5. The van der Waals surface area contributed by atoms with Crippen LogP contribution in [0.1, 0.15) is 38.2 Å². The van der Waals surface area contributed by atoms with Crippen LogP contribution >= 0.6 is 0 Å². The molecule has 2 N–H and O–H groups in total. The Kier molecular flexibility index (Phi) is 3.71. The monoisotopic (exact) mass is 342 g/mol. The molecule has 6 heteroatoms. The average Bonchev–Trinajstić information content (AvgIpc) is 3.04. The second-order valence-corrected chi connectivity index (χ2v) is 6.82. The van der Waals surface area contributed by atoms with Crippen molar-refractivity contribution in [2.75, 3.05) is 0 Å². The van der Waals surface area contributed by atoms with Crippen LogP contribution in [0.2, 0.25) is 0 Å². The highest BCUT2D eigenvalue weighted by molar-refractivity contribution is 6.40. The average molecular weight is 342 g/mol. The smallest absolute Gasteiger partial charge is 0.506 e. The van der Waals surface area contributed by atoms with Crippen molar-refractivity contribution < 1.29 is 29.0 Å². The van der Waals surface area contributed by atoms with Crippen molar-refractivity contribution in [3.63, 3.8) is 0 Å². The molecule has 130 valence electrons. The molecular weight excluding hydrogens is 324 g/mol. The molecule has 0 spiro atoms. The number of carbonyl (C=O) groups excluding carboxylic acids is 1. The van der Waals surface area contributed by atoms with Gasteiger partial charge < -0.3 is 19.4 Å². The summed E-state index contributed by atoms with van der Waals surface area (Å²) in [6, 6.07) is 7.60. The minimum absolute atomic E-state index is 0.102. The number of carbonyl (C=O) groups is 2. The molecular formula is C19H18O6. The summed E-state index contributed by atoms with van der Waals surface area (Å²) >= 11 is 0. The van der Waals surface area contributed by atoms with Gasteiger partial charge in [0.2, 0.25) is 0 Å². The number of phenols is 2. The molecule has 0 radical (unpaired) electrons. The van der Waals surface area contributed by atoms with E-state index in [9.17, 15) is 14.7 Å². The highest BCUT2D eigenvalue weighted by Gasteiger charge is 2.30. The maximum absolute atomic E-state index is 11.4. The molecule has 25 heavy (non-hydrogen) atoms. The number of ether oxygens (including phenoxy) is 1.